The van der Waals surface area contributed by atoms with Crippen LogP contribution in [0.1, 0.15) is 69.6 Å². The third-order valence-electron chi connectivity index (χ3n) is 6.43. The second-order valence-electron chi connectivity index (χ2n) is 9.51. The van der Waals surface area contributed by atoms with Gasteiger partial charge in [-0.2, -0.15) is 5.26 Å². The summed E-state index contributed by atoms with van der Waals surface area (Å²) in [6.45, 7) is 9.74. The Hall–Kier alpha value is -2.68. The Morgan fingerprint density at radius 2 is 1.89 bits per heavy atom. The standard InChI is InChI=1S/C26H34N4O5S2/c1-5-10-29-23(28-14-16(2)35-17(3)15-28)19(18(4)20(13-27)24(29)33)12-21-25(34)30(26(36)37-21)11-8-6-7-9-22(31)32/h12,16-17H,5-11,14-15H2,1-4H3,(H,31,32)/b21-12-. The molecule has 2 atom stereocenters. The monoisotopic (exact) mass is 546 g/mol. The van der Waals surface area contributed by atoms with Crippen molar-refractivity contribution in [3.8, 4) is 6.07 Å². The Kier molecular flexibility index (Phi) is 9.93. The van der Waals surface area contributed by atoms with Crippen molar-refractivity contribution in [2.75, 3.05) is 24.5 Å². The van der Waals surface area contributed by atoms with E-state index in [1.165, 1.54) is 11.8 Å². The van der Waals surface area contributed by atoms with E-state index in [0.717, 1.165) is 0 Å². The van der Waals surface area contributed by atoms with E-state index in [1.807, 2.05) is 20.8 Å². The maximum Gasteiger partial charge on any atom is 0.303 e. The highest BCUT2D eigenvalue weighted by atomic mass is 32.2. The van der Waals surface area contributed by atoms with Crippen LogP contribution in [0, 0.1) is 18.3 Å². The van der Waals surface area contributed by atoms with Gasteiger partial charge in [0.25, 0.3) is 11.5 Å². The molecule has 3 rings (SSSR count). The molecule has 1 aromatic rings. The average Bonchev–Trinajstić information content (AvgIpc) is 3.08. The van der Waals surface area contributed by atoms with E-state index in [-0.39, 0.29) is 35.7 Å². The third kappa shape index (κ3) is 6.61. The number of hydrogen-bond acceptors (Lipinski definition) is 8. The molecule has 2 saturated heterocycles. The van der Waals surface area contributed by atoms with E-state index in [0.29, 0.717) is 78.0 Å². The normalized spacial score (nSPS) is 21.1. The number of pyridine rings is 1. The molecule has 11 heteroatoms. The van der Waals surface area contributed by atoms with Gasteiger partial charge in [0.2, 0.25) is 0 Å². The topological polar surface area (TPSA) is 116 Å². The molecule has 0 saturated carbocycles. The van der Waals surface area contributed by atoms with Crippen LogP contribution >= 0.6 is 24.0 Å². The van der Waals surface area contributed by atoms with Gasteiger partial charge in [0, 0.05) is 38.2 Å². The summed E-state index contributed by atoms with van der Waals surface area (Å²) in [5.74, 6) is -0.344. The molecule has 200 valence electrons. The van der Waals surface area contributed by atoms with Crippen LogP contribution in [0.2, 0.25) is 0 Å². The summed E-state index contributed by atoms with van der Waals surface area (Å²) in [7, 11) is 0. The highest BCUT2D eigenvalue weighted by Crippen LogP contribution is 2.36. The van der Waals surface area contributed by atoms with Crippen molar-refractivity contribution < 1.29 is 19.4 Å². The number of thiocarbonyl (C=S) groups is 1. The van der Waals surface area contributed by atoms with Gasteiger partial charge in [0.15, 0.2) is 0 Å². The number of carboxylic acid groups (broad SMARTS) is 1. The van der Waals surface area contributed by atoms with E-state index in [9.17, 15) is 19.6 Å². The number of amides is 1. The SMILES string of the molecule is CCCn1c(N2CC(C)OC(C)C2)c(/C=C2\SC(=S)N(CCCCCC(=O)O)C2=O)c(C)c(C#N)c1=O. The lowest BCUT2D eigenvalue weighted by atomic mass is 10.0. The number of aliphatic carboxylic acids is 1. The zero-order valence-corrected chi connectivity index (χ0v) is 23.4. The quantitative estimate of drug-likeness (QED) is 0.265. The van der Waals surface area contributed by atoms with Gasteiger partial charge in [-0.15, -0.1) is 0 Å². The highest BCUT2D eigenvalue weighted by Gasteiger charge is 2.34. The zero-order chi connectivity index (χ0) is 27.3. The number of carboxylic acids is 1. The molecule has 0 aliphatic carbocycles. The first-order valence-electron chi connectivity index (χ1n) is 12.6. The number of hydrogen-bond donors (Lipinski definition) is 1. The van der Waals surface area contributed by atoms with Crippen LogP contribution in [0.5, 0.6) is 0 Å². The van der Waals surface area contributed by atoms with Crippen molar-refractivity contribution in [3.63, 3.8) is 0 Å². The molecule has 0 aromatic carbocycles. The van der Waals surface area contributed by atoms with Crippen molar-refractivity contribution in [1.82, 2.24) is 9.47 Å². The molecule has 2 aliphatic rings. The van der Waals surface area contributed by atoms with Gasteiger partial charge in [-0.1, -0.05) is 37.3 Å². The fraction of sp³-hybridized carbons (Fsp3) is 0.577. The summed E-state index contributed by atoms with van der Waals surface area (Å²) in [6, 6.07) is 2.08. The second kappa shape index (κ2) is 12.7. The smallest absolute Gasteiger partial charge is 0.303 e. The largest absolute Gasteiger partial charge is 0.481 e. The zero-order valence-electron chi connectivity index (χ0n) is 21.8. The van der Waals surface area contributed by atoms with Crippen LogP contribution in [0.3, 0.4) is 0 Å². The van der Waals surface area contributed by atoms with E-state index in [1.54, 1.807) is 22.5 Å². The number of ether oxygens (including phenoxy) is 1. The Morgan fingerprint density at radius 3 is 2.49 bits per heavy atom. The van der Waals surface area contributed by atoms with Gasteiger partial charge in [-0.3, -0.25) is 23.9 Å². The van der Waals surface area contributed by atoms with Crippen LogP contribution in [-0.2, 0) is 20.9 Å². The number of carbonyl (C=O) groups is 2. The minimum absolute atomic E-state index is 0.0444. The molecule has 1 amide bonds. The Bertz CT molecular complexity index is 1190. The first-order chi connectivity index (χ1) is 17.6. The van der Waals surface area contributed by atoms with E-state index < -0.39 is 5.97 Å². The van der Waals surface area contributed by atoms with Gasteiger partial charge in [0.1, 0.15) is 21.8 Å². The number of unbranched alkanes of at least 4 members (excludes halogenated alkanes) is 2. The molecule has 37 heavy (non-hydrogen) atoms. The van der Waals surface area contributed by atoms with E-state index in [2.05, 4.69) is 11.0 Å². The summed E-state index contributed by atoms with van der Waals surface area (Å²) < 4.78 is 8.02. The molecule has 0 radical (unpaired) electrons. The Balaban J connectivity index is 2.03. The number of nitriles is 1. The van der Waals surface area contributed by atoms with Gasteiger partial charge in [-0.05, 0) is 51.7 Å². The van der Waals surface area contributed by atoms with Crippen molar-refractivity contribution in [1.29, 1.82) is 5.26 Å². The lowest BCUT2D eigenvalue weighted by Crippen LogP contribution is -2.48. The van der Waals surface area contributed by atoms with Gasteiger partial charge < -0.3 is 14.7 Å². The lowest BCUT2D eigenvalue weighted by molar-refractivity contribution is -0.137. The molecule has 1 aromatic heterocycles. The average molecular weight is 547 g/mol. The number of nitrogens with zero attached hydrogens (tertiary/aromatic N) is 4. The molecule has 1 N–H and O–H groups in total. The van der Waals surface area contributed by atoms with Gasteiger partial charge >= 0.3 is 5.97 Å². The number of carbonyl (C=O) groups excluding carboxylic acids is 1. The molecule has 3 heterocycles. The Labute approximate surface area is 227 Å². The molecule has 2 fully saturated rings. The maximum absolute atomic E-state index is 13.3. The molecular weight excluding hydrogens is 512 g/mol. The summed E-state index contributed by atoms with van der Waals surface area (Å²) in [5.41, 5.74) is 0.967. The molecule has 0 bridgehead atoms. The number of rotatable bonds is 10. The predicted octanol–water partition coefficient (Wildman–Crippen LogP) is 3.90. The van der Waals surface area contributed by atoms with Crippen LogP contribution in [0.25, 0.3) is 6.08 Å². The first kappa shape index (κ1) is 28.9. The lowest BCUT2D eigenvalue weighted by Gasteiger charge is -2.39. The van der Waals surface area contributed by atoms with E-state index >= 15 is 0 Å². The summed E-state index contributed by atoms with van der Waals surface area (Å²) in [6.07, 6.45) is 4.38. The van der Waals surface area contributed by atoms with Gasteiger partial charge in [-0.25, -0.2) is 0 Å². The van der Waals surface area contributed by atoms with Crippen LogP contribution in [-0.4, -0.2) is 62.6 Å². The van der Waals surface area contributed by atoms with Crippen molar-refractivity contribution >= 4 is 52.1 Å². The molecule has 2 aliphatic heterocycles. The number of anilines is 1. The molecule has 2 unspecified atom stereocenters. The minimum atomic E-state index is -0.829. The van der Waals surface area contributed by atoms with E-state index in [4.69, 9.17) is 22.1 Å². The molecule has 0 spiro atoms. The van der Waals surface area contributed by atoms with Crippen LogP contribution in [0.4, 0.5) is 5.82 Å². The molecule has 9 nitrogen and oxygen atoms in total. The fourth-order valence-electron chi connectivity index (χ4n) is 4.81. The predicted molar refractivity (Wildman–Crippen MR) is 149 cm³/mol. The summed E-state index contributed by atoms with van der Waals surface area (Å²) >= 11 is 6.70. The summed E-state index contributed by atoms with van der Waals surface area (Å²) in [5, 5.41) is 18.6. The maximum atomic E-state index is 13.3. The minimum Gasteiger partial charge on any atom is -0.481 e. The van der Waals surface area contributed by atoms with Crippen LogP contribution < -0.4 is 10.5 Å². The van der Waals surface area contributed by atoms with Crippen molar-refractivity contribution in [2.45, 2.75) is 78.6 Å². The fourth-order valence-corrected chi connectivity index (χ4v) is 6.10. The third-order valence-corrected chi connectivity index (χ3v) is 7.81. The first-order valence-corrected chi connectivity index (χ1v) is 13.9. The summed E-state index contributed by atoms with van der Waals surface area (Å²) in [4.78, 5) is 41.5. The number of thioether (sulfide) groups is 1. The highest BCUT2D eigenvalue weighted by molar-refractivity contribution is 8.26. The number of morpholine rings is 1. The second-order valence-corrected chi connectivity index (χ2v) is 11.2. The van der Waals surface area contributed by atoms with Crippen molar-refractivity contribution in [3.05, 3.63) is 31.9 Å². The Morgan fingerprint density at radius 1 is 1.22 bits per heavy atom. The van der Waals surface area contributed by atoms with Crippen LogP contribution in [0.15, 0.2) is 9.70 Å². The number of aromatic nitrogens is 1. The van der Waals surface area contributed by atoms with Gasteiger partial charge in [0.05, 0.1) is 17.1 Å². The van der Waals surface area contributed by atoms with Crippen molar-refractivity contribution in [2.24, 2.45) is 0 Å². The molecular formula is C26H34N4O5S2.